The molecular formula is C16H12F2NO3-. The molecule has 0 aliphatic rings. The summed E-state index contributed by atoms with van der Waals surface area (Å²) in [7, 11) is 0. The zero-order chi connectivity index (χ0) is 16.1. The van der Waals surface area contributed by atoms with Crippen LogP contribution in [0.25, 0.3) is 0 Å². The average Bonchev–Trinajstić information content (AvgIpc) is 2.44. The van der Waals surface area contributed by atoms with Gasteiger partial charge in [-0.3, -0.25) is 4.79 Å². The van der Waals surface area contributed by atoms with Crippen LogP contribution in [0.5, 0.6) is 0 Å². The molecule has 0 heterocycles. The molecule has 114 valence electrons. The van der Waals surface area contributed by atoms with Gasteiger partial charge < -0.3 is 15.2 Å². The van der Waals surface area contributed by atoms with Gasteiger partial charge in [0.05, 0.1) is 12.5 Å². The zero-order valence-corrected chi connectivity index (χ0v) is 11.4. The van der Waals surface area contributed by atoms with Crippen LogP contribution in [-0.4, -0.2) is 18.3 Å². The van der Waals surface area contributed by atoms with Gasteiger partial charge in [0.25, 0.3) is 0 Å². The molecule has 0 amide bonds. The van der Waals surface area contributed by atoms with Crippen molar-refractivity contribution in [3.8, 4) is 0 Å². The van der Waals surface area contributed by atoms with Gasteiger partial charge in [0, 0.05) is 23.7 Å². The molecule has 2 aromatic rings. The molecule has 4 nitrogen and oxygen atoms in total. The van der Waals surface area contributed by atoms with E-state index < -0.39 is 24.1 Å². The van der Waals surface area contributed by atoms with Crippen LogP contribution in [0.15, 0.2) is 42.5 Å². The van der Waals surface area contributed by atoms with E-state index in [0.717, 1.165) is 18.2 Å². The number of aliphatic carboxylic acids is 1. The third-order valence-electron chi connectivity index (χ3n) is 2.94. The van der Waals surface area contributed by atoms with Crippen LogP contribution in [0.3, 0.4) is 0 Å². The van der Waals surface area contributed by atoms with Crippen molar-refractivity contribution >= 4 is 17.4 Å². The summed E-state index contributed by atoms with van der Waals surface area (Å²) in [6.07, 6.45) is -0.196. The summed E-state index contributed by atoms with van der Waals surface area (Å²) >= 11 is 0. The minimum atomic E-state index is -1.31. The first kappa shape index (κ1) is 15.6. The van der Waals surface area contributed by atoms with Crippen molar-refractivity contribution in [2.45, 2.75) is 6.42 Å². The van der Waals surface area contributed by atoms with Crippen molar-refractivity contribution in [2.24, 2.45) is 0 Å². The Morgan fingerprint density at radius 3 is 2.32 bits per heavy atom. The van der Waals surface area contributed by atoms with Crippen LogP contribution in [0, 0.1) is 11.6 Å². The van der Waals surface area contributed by atoms with Crippen molar-refractivity contribution in [1.29, 1.82) is 0 Å². The molecule has 0 radical (unpaired) electrons. The lowest BCUT2D eigenvalue weighted by Crippen LogP contribution is -2.30. The minimum Gasteiger partial charge on any atom is -0.548 e. The summed E-state index contributed by atoms with van der Waals surface area (Å²) in [4.78, 5) is 22.7. The van der Waals surface area contributed by atoms with E-state index in [-0.39, 0.29) is 23.3 Å². The highest BCUT2D eigenvalue weighted by molar-refractivity contribution is 6.02. The quantitative estimate of drug-likeness (QED) is 0.822. The highest BCUT2D eigenvalue weighted by Crippen LogP contribution is 2.18. The third kappa shape index (κ3) is 4.12. The van der Waals surface area contributed by atoms with Crippen LogP contribution >= 0.6 is 0 Å². The molecule has 0 aromatic heterocycles. The van der Waals surface area contributed by atoms with Crippen molar-refractivity contribution in [3.05, 3.63) is 65.2 Å². The Morgan fingerprint density at radius 1 is 1.05 bits per heavy atom. The maximum absolute atomic E-state index is 13.1. The molecule has 0 aliphatic heterocycles. The van der Waals surface area contributed by atoms with Crippen LogP contribution in [0.1, 0.15) is 15.9 Å². The van der Waals surface area contributed by atoms with E-state index in [4.69, 9.17) is 0 Å². The van der Waals surface area contributed by atoms with Gasteiger partial charge in [0.15, 0.2) is 5.78 Å². The molecule has 0 saturated heterocycles. The molecule has 2 aromatic carbocycles. The number of ketones is 1. The fourth-order valence-electron chi connectivity index (χ4n) is 2.04. The van der Waals surface area contributed by atoms with Crippen LogP contribution in [0.2, 0.25) is 0 Å². The second-order valence-corrected chi connectivity index (χ2v) is 4.65. The second kappa shape index (κ2) is 6.80. The highest BCUT2D eigenvalue weighted by Gasteiger charge is 2.13. The lowest BCUT2D eigenvalue weighted by molar-refractivity contribution is -0.302. The van der Waals surface area contributed by atoms with Crippen molar-refractivity contribution in [1.82, 2.24) is 0 Å². The third-order valence-corrected chi connectivity index (χ3v) is 2.94. The monoisotopic (exact) mass is 304 g/mol. The predicted octanol–water partition coefficient (Wildman–Crippen LogP) is 1.55. The molecular weight excluding hydrogens is 292 g/mol. The van der Waals surface area contributed by atoms with E-state index in [2.05, 4.69) is 5.32 Å². The van der Waals surface area contributed by atoms with Crippen molar-refractivity contribution in [2.75, 3.05) is 11.9 Å². The van der Waals surface area contributed by atoms with Gasteiger partial charge in [-0.25, -0.2) is 8.78 Å². The zero-order valence-electron chi connectivity index (χ0n) is 11.4. The SMILES string of the molecule is O=C([O-])CNc1ccccc1C(=O)Cc1cc(F)cc(F)c1. The molecule has 0 atom stereocenters. The number of benzene rings is 2. The maximum Gasteiger partial charge on any atom is 0.169 e. The van der Waals surface area contributed by atoms with Gasteiger partial charge in [-0.2, -0.15) is 0 Å². The van der Waals surface area contributed by atoms with Crippen LogP contribution in [-0.2, 0) is 11.2 Å². The molecule has 0 saturated carbocycles. The molecule has 6 heteroatoms. The van der Waals surface area contributed by atoms with E-state index in [9.17, 15) is 23.5 Å². The summed E-state index contributed by atoms with van der Waals surface area (Å²) in [6.45, 7) is -0.446. The Kier molecular flexibility index (Phi) is 4.83. The molecule has 0 spiro atoms. The molecule has 22 heavy (non-hydrogen) atoms. The number of rotatable bonds is 6. The van der Waals surface area contributed by atoms with Gasteiger partial charge in [-0.1, -0.05) is 12.1 Å². The summed E-state index contributed by atoms with van der Waals surface area (Å²) in [5.41, 5.74) is 0.777. The topological polar surface area (TPSA) is 69.2 Å². The molecule has 0 unspecified atom stereocenters. The smallest absolute Gasteiger partial charge is 0.169 e. The second-order valence-electron chi connectivity index (χ2n) is 4.65. The molecule has 0 bridgehead atoms. The van der Waals surface area contributed by atoms with Crippen LogP contribution < -0.4 is 10.4 Å². The number of para-hydroxylation sites is 1. The lowest BCUT2D eigenvalue weighted by Gasteiger charge is -2.11. The fourth-order valence-corrected chi connectivity index (χ4v) is 2.04. The van der Waals surface area contributed by atoms with Gasteiger partial charge in [0.2, 0.25) is 0 Å². The van der Waals surface area contributed by atoms with Crippen molar-refractivity contribution < 1.29 is 23.5 Å². The van der Waals surface area contributed by atoms with Gasteiger partial charge in [0.1, 0.15) is 11.6 Å². The van der Waals surface area contributed by atoms with Gasteiger partial charge in [-0.15, -0.1) is 0 Å². The Labute approximate surface area is 125 Å². The number of hydrogen-bond acceptors (Lipinski definition) is 4. The summed E-state index contributed by atoms with van der Waals surface area (Å²) < 4.78 is 26.3. The first-order valence-corrected chi connectivity index (χ1v) is 6.46. The van der Waals surface area contributed by atoms with Gasteiger partial charge >= 0.3 is 0 Å². The number of carboxylic acids is 1. The normalized spacial score (nSPS) is 10.3. The summed E-state index contributed by atoms with van der Waals surface area (Å²) in [5.74, 6) is -3.21. The van der Waals surface area contributed by atoms with E-state index in [1.165, 1.54) is 6.07 Å². The number of anilines is 1. The number of carbonyl (C=O) groups excluding carboxylic acids is 2. The average molecular weight is 304 g/mol. The Morgan fingerprint density at radius 2 is 1.68 bits per heavy atom. The molecule has 0 fully saturated rings. The Hall–Kier alpha value is -2.76. The number of carboxylic acid groups (broad SMARTS) is 1. The number of hydrogen-bond donors (Lipinski definition) is 1. The summed E-state index contributed by atoms with van der Waals surface area (Å²) in [5, 5.41) is 13.0. The molecule has 1 N–H and O–H groups in total. The Balaban J connectivity index is 2.20. The predicted molar refractivity (Wildman–Crippen MR) is 74.3 cm³/mol. The van der Waals surface area contributed by atoms with E-state index >= 15 is 0 Å². The van der Waals surface area contributed by atoms with Gasteiger partial charge in [-0.05, 0) is 29.8 Å². The number of nitrogens with one attached hydrogen (secondary N) is 1. The first-order valence-electron chi connectivity index (χ1n) is 6.46. The number of halogens is 2. The molecule has 0 aliphatic carbocycles. The first-order chi connectivity index (χ1) is 10.5. The maximum atomic E-state index is 13.1. The largest absolute Gasteiger partial charge is 0.548 e. The lowest BCUT2D eigenvalue weighted by atomic mass is 10.0. The van der Waals surface area contributed by atoms with E-state index in [0.29, 0.717) is 5.69 Å². The van der Waals surface area contributed by atoms with E-state index in [1.807, 2.05) is 0 Å². The number of carbonyl (C=O) groups is 2. The fraction of sp³-hybridized carbons (Fsp3) is 0.125. The summed E-state index contributed by atoms with van der Waals surface area (Å²) in [6, 6.07) is 9.19. The van der Waals surface area contributed by atoms with E-state index in [1.54, 1.807) is 18.2 Å². The minimum absolute atomic E-state index is 0.196. The molecule has 2 rings (SSSR count). The Bertz CT molecular complexity index is 696. The number of Topliss-reactive ketones (excluding diaryl/α,β-unsaturated/α-hetero) is 1. The standard InChI is InChI=1S/C16H13F2NO3/c17-11-5-10(6-12(18)8-11)7-15(20)13-3-1-2-4-14(13)19-9-16(21)22/h1-6,8,19H,7,9H2,(H,21,22)/p-1. The van der Waals surface area contributed by atoms with Crippen molar-refractivity contribution in [3.63, 3.8) is 0 Å². The highest BCUT2D eigenvalue weighted by atomic mass is 19.1. The van der Waals surface area contributed by atoms with Crippen LogP contribution in [0.4, 0.5) is 14.5 Å².